The van der Waals surface area contributed by atoms with Crippen LogP contribution in [0.4, 0.5) is 0 Å². The molecule has 0 amide bonds. The Morgan fingerprint density at radius 1 is 1.47 bits per heavy atom. The number of H-pyrrole nitrogens is 1. The highest BCUT2D eigenvalue weighted by Gasteiger charge is 2.00. The van der Waals surface area contributed by atoms with Gasteiger partial charge in [0.05, 0.1) is 16.8 Å². The van der Waals surface area contributed by atoms with Crippen LogP contribution in [-0.4, -0.2) is 15.7 Å². The average Bonchev–Trinajstić information content (AvgIpc) is 2.26. The quantitative estimate of drug-likeness (QED) is 0.490. The number of hydrogen-bond acceptors (Lipinski definition) is 3. The molecule has 0 aliphatic rings. The fourth-order valence-corrected chi connectivity index (χ4v) is 2.12. The highest BCUT2D eigenvalue weighted by molar-refractivity contribution is 7.99. The number of thioether (sulfide) groups is 1. The summed E-state index contributed by atoms with van der Waals surface area (Å²) in [5.74, 6) is 3.14. The van der Waals surface area contributed by atoms with Crippen molar-refractivity contribution >= 4 is 35.0 Å². The molecule has 2 nitrogen and oxygen atoms in total. The van der Waals surface area contributed by atoms with Gasteiger partial charge in [-0.1, -0.05) is 42.0 Å². The van der Waals surface area contributed by atoms with Crippen molar-refractivity contribution in [3.05, 3.63) is 28.9 Å². The number of aromatic amines is 1. The number of nitrogens with one attached hydrogen (secondary N) is 1. The highest BCUT2D eigenvalue weighted by Crippen LogP contribution is 2.18. The molecule has 0 fully saturated rings. The molecule has 1 aromatic carbocycles. The fourth-order valence-electron chi connectivity index (χ4n) is 1.22. The van der Waals surface area contributed by atoms with Gasteiger partial charge >= 0.3 is 0 Å². The molecule has 0 aliphatic heterocycles. The zero-order chi connectivity index (χ0) is 10.7. The van der Waals surface area contributed by atoms with Crippen molar-refractivity contribution < 1.29 is 0 Å². The second-order valence-corrected chi connectivity index (χ2v) is 4.25. The van der Waals surface area contributed by atoms with Gasteiger partial charge in [-0.25, -0.2) is 4.98 Å². The second kappa shape index (κ2) is 4.47. The molecule has 0 spiro atoms. The van der Waals surface area contributed by atoms with Gasteiger partial charge in [-0.3, -0.25) is 0 Å². The van der Waals surface area contributed by atoms with Crippen LogP contribution in [0.15, 0.2) is 29.3 Å². The summed E-state index contributed by atoms with van der Waals surface area (Å²) >= 11 is 6.66. The van der Waals surface area contributed by atoms with Crippen molar-refractivity contribution in [1.82, 2.24) is 9.97 Å². The van der Waals surface area contributed by atoms with Gasteiger partial charge in [-0.15, -0.1) is 6.42 Å². The van der Waals surface area contributed by atoms with Crippen LogP contribution in [0.1, 0.15) is 0 Å². The highest BCUT2D eigenvalue weighted by atomic mass is 32.2. The molecule has 15 heavy (non-hydrogen) atoms. The molecule has 0 bridgehead atoms. The Labute approximate surface area is 97.1 Å². The van der Waals surface area contributed by atoms with Gasteiger partial charge in [-0.2, -0.15) is 0 Å². The van der Waals surface area contributed by atoms with Crippen molar-refractivity contribution in [2.24, 2.45) is 0 Å². The zero-order valence-corrected chi connectivity index (χ0v) is 9.49. The predicted octanol–water partition coefficient (Wildman–Crippen LogP) is 3.02. The van der Waals surface area contributed by atoms with Crippen molar-refractivity contribution in [2.75, 3.05) is 5.75 Å². The third kappa shape index (κ3) is 2.20. The van der Waals surface area contributed by atoms with E-state index in [4.69, 9.17) is 18.6 Å². The van der Waals surface area contributed by atoms with Gasteiger partial charge < -0.3 is 4.98 Å². The maximum absolute atomic E-state index is 5.20. The van der Waals surface area contributed by atoms with E-state index in [-0.39, 0.29) is 0 Å². The lowest BCUT2D eigenvalue weighted by Crippen LogP contribution is -1.89. The van der Waals surface area contributed by atoms with Crippen molar-refractivity contribution in [3.8, 4) is 12.3 Å². The maximum atomic E-state index is 5.20. The van der Waals surface area contributed by atoms with Crippen molar-refractivity contribution in [2.45, 2.75) is 5.03 Å². The Kier molecular flexibility index (Phi) is 3.05. The normalized spacial score (nSPS) is 10.1. The van der Waals surface area contributed by atoms with Gasteiger partial charge in [0.2, 0.25) is 0 Å². The Balaban J connectivity index is 2.53. The topological polar surface area (TPSA) is 28.7 Å². The number of terminal acetylenes is 1. The van der Waals surface area contributed by atoms with Gasteiger partial charge in [0, 0.05) is 0 Å². The molecule has 4 heteroatoms. The predicted molar refractivity (Wildman–Crippen MR) is 66.5 cm³/mol. The van der Waals surface area contributed by atoms with Crippen molar-refractivity contribution in [1.29, 1.82) is 0 Å². The summed E-state index contributed by atoms with van der Waals surface area (Å²) < 4.78 is 0.647. The summed E-state index contributed by atoms with van der Waals surface area (Å²) in [4.78, 5) is 7.57. The first-order valence-corrected chi connectivity index (χ1v) is 5.76. The molecular weight excluding hydrogens is 224 g/mol. The third-order valence-corrected chi connectivity index (χ3v) is 3.17. The van der Waals surface area contributed by atoms with Crippen LogP contribution in [0.2, 0.25) is 0 Å². The smallest absolute Gasteiger partial charge is 0.136 e. The Morgan fingerprint density at radius 2 is 2.27 bits per heavy atom. The van der Waals surface area contributed by atoms with E-state index in [0.717, 1.165) is 16.1 Å². The lowest BCUT2D eigenvalue weighted by atomic mass is 10.3. The minimum Gasteiger partial charge on any atom is -0.343 e. The molecule has 2 rings (SSSR count). The molecular formula is C11H8N2S2. The van der Waals surface area contributed by atoms with Crippen LogP contribution in [0.3, 0.4) is 0 Å². The third-order valence-electron chi connectivity index (χ3n) is 1.86. The standard InChI is InChI=1S/C11H8N2S2/c1-2-7-15-11-10(14)12-8-5-3-4-6-9(8)13-11/h1,3-6H,7H2,(H,12,14). The SMILES string of the molecule is C#CCSc1nc2ccccc2[nH]c1=S. The van der Waals surface area contributed by atoms with Crippen LogP contribution < -0.4 is 0 Å². The number of hydrogen-bond donors (Lipinski definition) is 1. The van der Waals surface area contributed by atoms with Gasteiger partial charge in [0.1, 0.15) is 9.67 Å². The molecule has 0 aliphatic carbocycles. The molecule has 0 saturated carbocycles. The summed E-state index contributed by atoms with van der Waals surface area (Å²) in [5.41, 5.74) is 1.86. The summed E-state index contributed by atoms with van der Waals surface area (Å²) in [6, 6.07) is 7.79. The van der Waals surface area contributed by atoms with E-state index in [1.54, 1.807) is 0 Å². The van der Waals surface area contributed by atoms with Crippen LogP contribution in [-0.2, 0) is 0 Å². The Bertz CT molecular complexity index is 581. The summed E-state index contributed by atoms with van der Waals surface area (Å²) in [5, 5.41) is 0.793. The number of rotatable bonds is 2. The Morgan fingerprint density at radius 3 is 3.07 bits per heavy atom. The number of aromatic nitrogens is 2. The van der Waals surface area contributed by atoms with Crippen molar-refractivity contribution in [3.63, 3.8) is 0 Å². The van der Waals surface area contributed by atoms with E-state index < -0.39 is 0 Å². The average molecular weight is 232 g/mol. The monoisotopic (exact) mass is 232 g/mol. The second-order valence-electron chi connectivity index (χ2n) is 2.88. The molecule has 2 aromatic rings. The van der Waals surface area contributed by atoms with E-state index >= 15 is 0 Å². The van der Waals surface area contributed by atoms with Crippen LogP contribution in [0.25, 0.3) is 11.0 Å². The number of benzene rings is 1. The summed E-state index contributed by atoms with van der Waals surface area (Å²) in [6.45, 7) is 0. The van der Waals surface area contributed by atoms with Crippen LogP contribution in [0, 0.1) is 17.0 Å². The van der Waals surface area contributed by atoms with E-state index in [0.29, 0.717) is 10.4 Å². The molecule has 0 saturated heterocycles. The van der Waals surface area contributed by atoms with E-state index in [1.807, 2.05) is 24.3 Å². The summed E-state index contributed by atoms with van der Waals surface area (Å²) in [6.07, 6.45) is 5.20. The molecule has 1 aromatic heterocycles. The lowest BCUT2D eigenvalue weighted by Gasteiger charge is -2.01. The minimum absolute atomic E-state index is 0.586. The molecule has 74 valence electrons. The van der Waals surface area contributed by atoms with E-state index in [2.05, 4.69) is 15.9 Å². The number of nitrogens with zero attached hydrogens (tertiary/aromatic N) is 1. The first-order valence-electron chi connectivity index (χ1n) is 4.36. The lowest BCUT2D eigenvalue weighted by molar-refractivity contribution is 1.10. The van der Waals surface area contributed by atoms with Gasteiger partial charge in [0.15, 0.2) is 0 Å². The molecule has 0 radical (unpaired) electrons. The van der Waals surface area contributed by atoms with Crippen LogP contribution >= 0.6 is 24.0 Å². The molecule has 0 atom stereocenters. The van der Waals surface area contributed by atoms with E-state index in [9.17, 15) is 0 Å². The minimum atomic E-state index is 0.586. The molecule has 1 heterocycles. The zero-order valence-electron chi connectivity index (χ0n) is 7.86. The van der Waals surface area contributed by atoms with E-state index in [1.165, 1.54) is 11.8 Å². The summed E-state index contributed by atoms with van der Waals surface area (Å²) in [7, 11) is 0. The first kappa shape index (κ1) is 10.2. The first-order chi connectivity index (χ1) is 7.31. The molecule has 0 unspecified atom stereocenters. The fraction of sp³-hybridized carbons (Fsp3) is 0.0909. The number of para-hydroxylation sites is 2. The largest absolute Gasteiger partial charge is 0.343 e. The van der Waals surface area contributed by atoms with Gasteiger partial charge in [-0.05, 0) is 12.1 Å². The van der Waals surface area contributed by atoms with Crippen LogP contribution in [0.5, 0.6) is 0 Å². The molecule has 1 N–H and O–H groups in total. The maximum Gasteiger partial charge on any atom is 0.136 e. The van der Waals surface area contributed by atoms with Gasteiger partial charge in [0.25, 0.3) is 0 Å². The number of fused-ring (bicyclic) bond motifs is 1. The Hall–Kier alpha value is -1.31.